The van der Waals surface area contributed by atoms with E-state index in [0.717, 1.165) is 105 Å². The molecule has 87 heavy (non-hydrogen) atoms. The van der Waals surface area contributed by atoms with Gasteiger partial charge in [-0.05, 0) is 176 Å². The largest absolute Gasteiger partial charge is 0.494 e. The number of hydrogen-bond acceptors (Lipinski definition) is 14. The van der Waals surface area contributed by atoms with Crippen molar-refractivity contribution in [2.24, 2.45) is 0 Å². The molecule has 7 aromatic rings. The summed E-state index contributed by atoms with van der Waals surface area (Å²) in [4.78, 5) is 48.0. The van der Waals surface area contributed by atoms with Gasteiger partial charge in [-0.15, -0.1) is 0 Å². The van der Waals surface area contributed by atoms with E-state index in [1.54, 1.807) is 25.1 Å². The van der Waals surface area contributed by atoms with Gasteiger partial charge in [0.05, 0.1) is 82.7 Å². The van der Waals surface area contributed by atoms with E-state index in [0.29, 0.717) is 38.8 Å². The van der Waals surface area contributed by atoms with Crippen molar-refractivity contribution in [1.82, 2.24) is 19.9 Å². The highest BCUT2D eigenvalue weighted by molar-refractivity contribution is 9.10. The lowest BCUT2D eigenvalue weighted by Gasteiger charge is -2.32. The first-order valence-corrected chi connectivity index (χ1v) is 32.5. The van der Waals surface area contributed by atoms with Crippen molar-refractivity contribution in [2.45, 2.75) is 97.2 Å². The van der Waals surface area contributed by atoms with Crippen LogP contribution < -0.4 is 30.8 Å². The van der Waals surface area contributed by atoms with Crippen molar-refractivity contribution in [3.8, 4) is 22.5 Å². The minimum atomic E-state index is -1.07. The minimum absolute atomic E-state index is 0.0280. The number of carboxylic acid groups (broad SMARTS) is 1. The monoisotopic (exact) mass is 1410 g/mol. The second-order valence-corrected chi connectivity index (χ2v) is 26.1. The van der Waals surface area contributed by atoms with E-state index in [-0.39, 0.29) is 29.7 Å². The summed E-state index contributed by atoms with van der Waals surface area (Å²) in [6, 6.07) is 32.2. The number of anilines is 5. The number of carbonyl (C=O) groups is 2. The van der Waals surface area contributed by atoms with E-state index in [4.69, 9.17) is 82.9 Å². The molecule has 0 radical (unpaired) electrons. The van der Waals surface area contributed by atoms with Crippen LogP contribution in [0.5, 0.6) is 0 Å². The van der Waals surface area contributed by atoms with Gasteiger partial charge in [-0.2, -0.15) is 0 Å². The standard InChI is InChI=1S/C17H18ClN3O2.C16H23BClNO2.C15H14ClN3O2.C10H11BrClN.C6H5BrClN/c1-2-23-17(22)15-10-14(19-11-20-15)12-5-6-16(13(18)9-12)21-7-3-4-8-21;1-15(2)16(3,4)21-17(20-15)12-7-8-14(13(18)11-12)19-9-5-6-10-19;16-11-7-10(3-4-14(11)19-5-1-2-6-19)12-8-13(15(20)21)18-9-17-12;11-8-3-4-10(9(12)7-8)13-5-1-2-6-13;7-4-1-2-6(9)5(8)3-4/h5-6,9-11H,2-4,7-8H2,1H3;7-8,11H,5-6,9-10H2,1-4H3;3-4,7-9H,1-2,5-6H2,(H,20,21);3-4,7H,1-2,5-6H2;1-3H,9H2. The SMILES string of the molecule is CC1(C)OB(c2ccc(N3CCCC3)c(Cl)c2)OC1(C)C.CCOC(=O)c1cc(-c2ccc(N3CCCC3)c(Cl)c2)ncn1.Clc1cc(Br)ccc1N1CCCC1.Nc1ccc(Br)cc1Cl.O=C(O)c1cc(-c2ccc(N3CCCC3)c(Cl)c2)ncn1. The molecule has 5 aliphatic heterocycles. The molecule has 0 spiro atoms. The summed E-state index contributed by atoms with van der Waals surface area (Å²) in [7, 11) is -0.347. The molecule has 0 amide bonds. The topological polar surface area (TPSA) is 173 Å². The number of aromatic carboxylic acids is 1. The third kappa shape index (κ3) is 18.2. The van der Waals surface area contributed by atoms with Crippen molar-refractivity contribution in [3.63, 3.8) is 0 Å². The average Bonchev–Trinajstić information content (AvgIpc) is 1.93. The second kappa shape index (κ2) is 31.4. The van der Waals surface area contributed by atoms with Crippen molar-refractivity contribution in [2.75, 3.05) is 84.3 Å². The Hall–Kier alpha value is -5.41. The number of aromatic nitrogens is 4. The molecule has 0 aliphatic carbocycles. The number of esters is 1. The fraction of sp³-hybridized carbons (Fsp3) is 0.375. The van der Waals surface area contributed by atoms with E-state index in [2.05, 4.69) is 117 Å². The summed E-state index contributed by atoms with van der Waals surface area (Å²) in [6.07, 6.45) is 12.5. The number of carbonyl (C=O) groups excluding carboxylic acids is 1. The van der Waals surface area contributed by atoms with Gasteiger partial charge < -0.3 is 44.5 Å². The molecule has 2 aromatic heterocycles. The van der Waals surface area contributed by atoms with E-state index < -0.39 is 11.9 Å². The van der Waals surface area contributed by atoms with Crippen LogP contribution in [0.3, 0.4) is 0 Å². The summed E-state index contributed by atoms with van der Waals surface area (Å²) in [5.74, 6) is -1.52. The Morgan fingerprint density at radius 1 is 0.529 bits per heavy atom. The molecule has 7 heterocycles. The fourth-order valence-corrected chi connectivity index (χ4v) is 12.7. The Labute approximate surface area is 552 Å². The quantitative estimate of drug-likeness (QED) is 0.0752. The van der Waals surface area contributed by atoms with Crippen LogP contribution in [-0.2, 0) is 14.0 Å². The number of halogens is 7. The minimum Gasteiger partial charge on any atom is -0.477 e. The maximum atomic E-state index is 11.8. The Kier molecular flexibility index (Phi) is 24.3. The van der Waals surface area contributed by atoms with Crippen molar-refractivity contribution < 1.29 is 28.7 Å². The van der Waals surface area contributed by atoms with Gasteiger partial charge in [0.15, 0.2) is 11.4 Å². The van der Waals surface area contributed by atoms with E-state index in [9.17, 15) is 9.59 Å². The number of carboxylic acids is 1. The van der Waals surface area contributed by atoms with Gasteiger partial charge in [0.25, 0.3) is 0 Å². The molecule has 5 saturated heterocycles. The highest BCUT2D eigenvalue weighted by atomic mass is 79.9. The number of rotatable bonds is 10. The maximum Gasteiger partial charge on any atom is 0.494 e. The van der Waals surface area contributed by atoms with Crippen LogP contribution in [0.25, 0.3) is 22.5 Å². The number of nitrogens with zero attached hydrogens (tertiary/aromatic N) is 8. The van der Waals surface area contributed by atoms with E-state index in [1.807, 2.05) is 60.7 Å². The van der Waals surface area contributed by atoms with Crippen LogP contribution in [0.4, 0.5) is 28.4 Å². The van der Waals surface area contributed by atoms with Gasteiger partial charge in [-0.3, -0.25) is 0 Å². The molecule has 0 atom stereocenters. The smallest absolute Gasteiger partial charge is 0.477 e. The Morgan fingerprint density at radius 2 is 0.897 bits per heavy atom. The molecule has 5 aromatic carbocycles. The summed E-state index contributed by atoms with van der Waals surface area (Å²) >= 11 is 37.7. The molecule has 15 nitrogen and oxygen atoms in total. The number of hydrogen-bond donors (Lipinski definition) is 2. The van der Waals surface area contributed by atoms with Gasteiger partial charge in [0, 0.05) is 72.4 Å². The molecule has 5 aliphatic rings. The Morgan fingerprint density at radius 3 is 1.28 bits per heavy atom. The number of ether oxygens (including phenoxy) is 1. The predicted molar refractivity (Wildman–Crippen MR) is 364 cm³/mol. The van der Waals surface area contributed by atoms with Crippen molar-refractivity contribution in [1.29, 1.82) is 0 Å². The Balaban J connectivity index is 0.000000145. The fourth-order valence-electron chi connectivity index (χ4n) is 10.3. The van der Waals surface area contributed by atoms with Crippen LogP contribution in [0.1, 0.15) is 107 Å². The maximum absolute atomic E-state index is 11.8. The zero-order valence-corrected chi connectivity index (χ0v) is 56.3. The summed E-state index contributed by atoms with van der Waals surface area (Å²) in [6.45, 7) is 18.9. The van der Waals surface area contributed by atoms with Crippen LogP contribution in [-0.4, -0.2) is 114 Å². The van der Waals surface area contributed by atoms with Crippen LogP contribution in [0.15, 0.2) is 125 Å². The lowest BCUT2D eigenvalue weighted by atomic mass is 9.79. The highest BCUT2D eigenvalue weighted by Gasteiger charge is 2.51. The molecule has 3 N–H and O–H groups in total. The lowest BCUT2D eigenvalue weighted by Crippen LogP contribution is -2.41. The molecule has 0 unspecified atom stereocenters. The second-order valence-electron chi connectivity index (χ2n) is 22.3. The summed E-state index contributed by atoms with van der Waals surface area (Å²) in [5, 5.41) is 12.5. The molecular formula is C64H71BBr2Cl5N9O6. The first-order chi connectivity index (χ1) is 41.6. The van der Waals surface area contributed by atoms with Gasteiger partial charge in [0.2, 0.25) is 0 Å². The summed E-state index contributed by atoms with van der Waals surface area (Å²) in [5.41, 5.74) is 13.8. The average molecular weight is 1410 g/mol. The predicted octanol–water partition coefficient (Wildman–Crippen LogP) is 16.3. The van der Waals surface area contributed by atoms with Crippen LogP contribution in [0, 0.1) is 0 Å². The highest BCUT2D eigenvalue weighted by Crippen LogP contribution is 2.39. The summed E-state index contributed by atoms with van der Waals surface area (Å²) < 4.78 is 19.1. The molecule has 5 fully saturated rings. The third-order valence-electron chi connectivity index (χ3n) is 15.7. The van der Waals surface area contributed by atoms with Gasteiger partial charge in [-0.1, -0.05) is 108 Å². The molecule has 23 heteroatoms. The Bertz CT molecular complexity index is 3480. The molecule has 0 saturated carbocycles. The van der Waals surface area contributed by atoms with Gasteiger partial charge in [0.1, 0.15) is 12.7 Å². The third-order valence-corrected chi connectivity index (χ3v) is 18.2. The number of nitrogen functional groups attached to an aromatic ring is 1. The van der Waals surface area contributed by atoms with Crippen LogP contribution in [0.2, 0.25) is 25.1 Å². The van der Waals surface area contributed by atoms with Gasteiger partial charge >= 0.3 is 19.1 Å². The number of nitrogens with two attached hydrogens (primary N) is 1. The normalized spacial score (nSPS) is 16.4. The molecule has 460 valence electrons. The zero-order valence-electron chi connectivity index (χ0n) is 49.4. The molecule has 0 bridgehead atoms. The van der Waals surface area contributed by atoms with Crippen molar-refractivity contribution >= 4 is 143 Å². The zero-order chi connectivity index (χ0) is 62.4. The molecule has 12 rings (SSSR count). The first-order valence-electron chi connectivity index (χ1n) is 29.1. The molecular weight excluding hydrogens is 1340 g/mol. The lowest BCUT2D eigenvalue weighted by molar-refractivity contribution is 0.00578. The van der Waals surface area contributed by atoms with Gasteiger partial charge in [-0.25, -0.2) is 29.5 Å². The van der Waals surface area contributed by atoms with Crippen molar-refractivity contribution in [3.05, 3.63) is 161 Å². The van der Waals surface area contributed by atoms with Crippen LogP contribution >= 0.6 is 89.9 Å². The van der Waals surface area contributed by atoms with E-state index in [1.165, 1.54) is 75.8 Å². The number of benzene rings is 5. The first kappa shape index (κ1) is 67.5. The van der Waals surface area contributed by atoms with E-state index >= 15 is 0 Å².